The van der Waals surface area contributed by atoms with E-state index in [0.29, 0.717) is 22.8 Å². The van der Waals surface area contributed by atoms with Crippen LogP contribution >= 0.6 is 0 Å². The largest absolute Gasteiger partial charge is 0.504 e. The molecule has 0 aliphatic heterocycles. The fourth-order valence-corrected chi connectivity index (χ4v) is 2.04. The van der Waals surface area contributed by atoms with Gasteiger partial charge in [-0.25, -0.2) is 4.79 Å². The van der Waals surface area contributed by atoms with Crippen LogP contribution in [0.2, 0.25) is 0 Å². The van der Waals surface area contributed by atoms with Crippen LogP contribution in [0.25, 0.3) is 17.0 Å². The SMILES string of the molecule is COc1ccc(-c2nnc3ccc(C(=O)O)cn23)cc1O. The Labute approximate surface area is 119 Å². The predicted octanol–water partition coefficient (Wildman–Crippen LogP) is 1.81. The second kappa shape index (κ2) is 4.78. The lowest BCUT2D eigenvalue weighted by Gasteiger charge is -2.05. The molecule has 7 heteroatoms. The Bertz CT molecular complexity index is 841. The molecule has 7 nitrogen and oxygen atoms in total. The lowest BCUT2D eigenvalue weighted by Crippen LogP contribution is -1.99. The van der Waals surface area contributed by atoms with Crippen LogP contribution in [0.1, 0.15) is 10.4 Å². The van der Waals surface area contributed by atoms with Gasteiger partial charge in [0.1, 0.15) is 0 Å². The van der Waals surface area contributed by atoms with E-state index in [4.69, 9.17) is 9.84 Å². The van der Waals surface area contributed by atoms with Gasteiger partial charge in [0.25, 0.3) is 0 Å². The van der Waals surface area contributed by atoms with Crippen molar-refractivity contribution in [1.29, 1.82) is 0 Å². The van der Waals surface area contributed by atoms with Crippen molar-refractivity contribution in [2.24, 2.45) is 0 Å². The number of carbonyl (C=O) groups is 1. The molecule has 0 saturated heterocycles. The number of nitrogens with zero attached hydrogens (tertiary/aromatic N) is 3. The molecule has 0 unspecified atom stereocenters. The van der Waals surface area contributed by atoms with E-state index >= 15 is 0 Å². The third-order valence-electron chi connectivity index (χ3n) is 3.09. The number of aromatic nitrogens is 3. The zero-order valence-corrected chi connectivity index (χ0v) is 11.0. The molecule has 3 rings (SSSR count). The van der Waals surface area contributed by atoms with Gasteiger partial charge in [-0.1, -0.05) is 0 Å². The third-order valence-corrected chi connectivity index (χ3v) is 3.09. The van der Waals surface area contributed by atoms with Crippen molar-refractivity contribution in [1.82, 2.24) is 14.6 Å². The zero-order valence-electron chi connectivity index (χ0n) is 11.0. The van der Waals surface area contributed by atoms with E-state index in [1.807, 2.05) is 0 Å². The monoisotopic (exact) mass is 285 g/mol. The normalized spacial score (nSPS) is 10.7. The van der Waals surface area contributed by atoms with Gasteiger partial charge in [-0.15, -0.1) is 10.2 Å². The van der Waals surface area contributed by atoms with Gasteiger partial charge in [-0.05, 0) is 30.3 Å². The number of pyridine rings is 1. The number of aromatic carboxylic acids is 1. The molecule has 106 valence electrons. The Morgan fingerprint density at radius 2 is 2.05 bits per heavy atom. The molecule has 2 N–H and O–H groups in total. The highest BCUT2D eigenvalue weighted by molar-refractivity contribution is 5.87. The molecule has 2 heterocycles. The summed E-state index contributed by atoms with van der Waals surface area (Å²) in [6.45, 7) is 0. The van der Waals surface area contributed by atoms with Crippen LogP contribution < -0.4 is 4.74 Å². The molecule has 0 aliphatic rings. The number of phenols is 1. The fourth-order valence-electron chi connectivity index (χ4n) is 2.04. The van der Waals surface area contributed by atoms with E-state index < -0.39 is 5.97 Å². The predicted molar refractivity (Wildman–Crippen MR) is 73.6 cm³/mol. The maximum atomic E-state index is 11.0. The van der Waals surface area contributed by atoms with Gasteiger partial charge in [0, 0.05) is 11.8 Å². The summed E-state index contributed by atoms with van der Waals surface area (Å²) in [6, 6.07) is 7.84. The van der Waals surface area contributed by atoms with Crippen molar-refractivity contribution in [3.8, 4) is 22.9 Å². The number of fused-ring (bicyclic) bond motifs is 1. The number of carboxylic acids is 1. The summed E-state index contributed by atoms with van der Waals surface area (Å²) in [4.78, 5) is 11.0. The van der Waals surface area contributed by atoms with Crippen LogP contribution in [-0.4, -0.2) is 37.9 Å². The van der Waals surface area contributed by atoms with Gasteiger partial charge < -0.3 is 14.9 Å². The van der Waals surface area contributed by atoms with E-state index in [1.165, 1.54) is 25.4 Å². The van der Waals surface area contributed by atoms with Crippen molar-refractivity contribution in [2.45, 2.75) is 0 Å². The van der Waals surface area contributed by atoms with Crippen LogP contribution in [0.3, 0.4) is 0 Å². The molecule has 3 aromatic rings. The summed E-state index contributed by atoms with van der Waals surface area (Å²) in [5.74, 6) is -0.278. The number of aromatic hydroxyl groups is 1. The van der Waals surface area contributed by atoms with Gasteiger partial charge in [0.15, 0.2) is 23.0 Å². The van der Waals surface area contributed by atoms with Crippen molar-refractivity contribution < 1.29 is 19.7 Å². The smallest absolute Gasteiger partial charge is 0.337 e. The minimum Gasteiger partial charge on any atom is -0.504 e. The Morgan fingerprint density at radius 3 is 2.71 bits per heavy atom. The standard InChI is InChI=1S/C14H11N3O4/c1-21-11-4-2-8(6-10(11)18)13-16-15-12-5-3-9(14(19)20)7-17(12)13/h2-7,18H,1H3,(H,19,20). The second-order valence-electron chi connectivity index (χ2n) is 4.36. The van der Waals surface area contributed by atoms with E-state index in [-0.39, 0.29) is 11.3 Å². The molecule has 0 saturated carbocycles. The summed E-state index contributed by atoms with van der Waals surface area (Å²) in [5, 5.41) is 26.9. The summed E-state index contributed by atoms with van der Waals surface area (Å²) < 4.78 is 6.55. The number of hydrogen-bond acceptors (Lipinski definition) is 5. The maximum absolute atomic E-state index is 11.0. The van der Waals surface area contributed by atoms with Gasteiger partial charge in [-0.3, -0.25) is 4.40 Å². The number of hydrogen-bond donors (Lipinski definition) is 2. The molecular formula is C14H11N3O4. The van der Waals surface area contributed by atoms with E-state index in [9.17, 15) is 9.90 Å². The summed E-state index contributed by atoms with van der Waals surface area (Å²) in [7, 11) is 1.46. The number of rotatable bonds is 3. The third kappa shape index (κ3) is 2.14. The topological polar surface area (TPSA) is 97.0 Å². The highest BCUT2D eigenvalue weighted by Crippen LogP contribution is 2.30. The summed E-state index contributed by atoms with van der Waals surface area (Å²) >= 11 is 0. The lowest BCUT2D eigenvalue weighted by molar-refractivity contribution is 0.0696. The van der Waals surface area contributed by atoms with Crippen LogP contribution in [-0.2, 0) is 0 Å². The minimum atomic E-state index is -1.03. The maximum Gasteiger partial charge on any atom is 0.337 e. The first-order valence-corrected chi connectivity index (χ1v) is 6.05. The van der Waals surface area contributed by atoms with Crippen molar-refractivity contribution in [3.05, 3.63) is 42.1 Å². The van der Waals surface area contributed by atoms with Crippen molar-refractivity contribution in [3.63, 3.8) is 0 Å². The molecule has 0 fully saturated rings. The molecule has 0 atom stereocenters. The summed E-state index contributed by atoms with van der Waals surface area (Å²) in [5.41, 5.74) is 1.25. The van der Waals surface area contributed by atoms with E-state index in [0.717, 1.165) is 0 Å². The Kier molecular flexibility index (Phi) is 2.94. The number of phenolic OH excluding ortho intramolecular Hbond substituents is 1. The van der Waals surface area contributed by atoms with Crippen LogP contribution in [0.5, 0.6) is 11.5 Å². The fraction of sp³-hybridized carbons (Fsp3) is 0.0714. The highest BCUT2D eigenvalue weighted by atomic mass is 16.5. The average Bonchev–Trinajstić information content (AvgIpc) is 2.90. The molecule has 2 aromatic heterocycles. The van der Waals surface area contributed by atoms with Crippen LogP contribution in [0.15, 0.2) is 36.5 Å². The van der Waals surface area contributed by atoms with Gasteiger partial charge >= 0.3 is 5.97 Å². The van der Waals surface area contributed by atoms with E-state index in [1.54, 1.807) is 22.6 Å². The molecule has 21 heavy (non-hydrogen) atoms. The van der Waals surface area contributed by atoms with Crippen LogP contribution in [0.4, 0.5) is 0 Å². The highest BCUT2D eigenvalue weighted by Gasteiger charge is 2.12. The first-order chi connectivity index (χ1) is 10.1. The molecule has 0 radical (unpaired) electrons. The molecule has 0 aliphatic carbocycles. The van der Waals surface area contributed by atoms with Crippen LogP contribution in [0, 0.1) is 0 Å². The Balaban J connectivity index is 2.18. The van der Waals surface area contributed by atoms with Gasteiger partial charge in [-0.2, -0.15) is 0 Å². The summed E-state index contributed by atoms with van der Waals surface area (Å²) in [6.07, 6.45) is 1.44. The van der Waals surface area contributed by atoms with Gasteiger partial charge in [0.2, 0.25) is 0 Å². The molecule has 1 aromatic carbocycles. The second-order valence-corrected chi connectivity index (χ2v) is 4.36. The minimum absolute atomic E-state index is 0.0267. The van der Waals surface area contributed by atoms with E-state index in [2.05, 4.69) is 10.2 Å². The van der Waals surface area contributed by atoms with Crippen molar-refractivity contribution in [2.75, 3.05) is 7.11 Å². The first kappa shape index (κ1) is 12.9. The molecule has 0 spiro atoms. The number of ether oxygens (including phenoxy) is 1. The molecular weight excluding hydrogens is 274 g/mol. The van der Waals surface area contributed by atoms with Gasteiger partial charge in [0.05, 0.1) is 12.7 Å². The first-order valence-electron chi connectivity index (χ1n) is 6.05. The Hall–Kier alpha value is -3.09. The quantitative estimate of drug-likeness (QED) is 0.761. The Morgan fingerprint density at radius 1 is 1.24 bits per heavy atom. The number of carboxylic acid groups (broad SMARTS) is 1. The van der Waals surface area contributed by atoms with Crippen molar-refractivity contribution >= 4 is 11.6 Å². The average molecular weight is 285 g/mol. The molecule has 0 amide bonds. The molecule has 0 bridgehead atoms. The zero-order chi connectivity index (χ0) is 15.0. The number of methoxy groups -OCH3 is 1. The lowest BCUT2D eigenvalue weighted by atomic mass is 10.2. The number of benzene rings is 1.